The molecule has 2 heterocycles. The van der Waals surface area contributed by atoms with Gasteiger partial charge in [0.1, 0.15) is 11.6 Å². The highest BCUT2D eigenvalue weighted by Crippen LogP contribution is 2.48. The van der Waals surface area contributed by atoms with Crippen LogP contribution in [0.25, 0.3) is 11.3 Å². The zero-order valence-corrected chi connectivity index (χ0v) is 20.5. The van der Waals surface area contributed by atoms with E-state index in [0.29, 0.717) is 40.1 Å². The first-order chi connectivity index (χ1) is 17.6. The molecule has 1 atom stereocenters. The molecule has 1 aliphatic heterocycles. The molecule has 1 aliphatic carbocycles. The number of H-pyrrole nitrogens is 1. The van der Waals surface area contributed by atoms with Crippen LogP contribution in [0.2, 0.25) is 0 Å². The van der Waals surface area contributed by atoms with E-state index in [1.165, 1.54) is 12.8 Å². The molecule has 1 aromatic heterocycles. The maximum atomic E-state index is 10.0. The third-order valence-corrected chi connectivity index (χ3v) is 6.73. The Hall–Kier alpha value is -4.32. The van der Waals surface area contributed by atoms with Crippen LogP contribution in [0.3, 0.4) is 0 Å². The van der Waals surface area contributed by atoms with Crippen LogP contribution in [0.1, 0.15) is 42.7 Å². The van der Waals surface area contributed by atoms with Crippen LogP contribution in [0.15, 0.2) is 47.9 Å². The standard InChI is InChI=1S/C27H28N4O5/c1-32-19-10-9-16(13-21(19)33-2)25-24-23(18(14-28)26(29)36-27(24)31-30-25)15-8-11-20(22(12-15)34-3)35-17-6-4-5-7-17/h8-13,17,23H,4-7,29H2,1-3H3,(H,30,31)/t23-/m0/s1. The van der Waals surface area contributed by atoms with E-state index in [9.17, 15) is 5.26 Å². The average Bonchev–Trinajstić information content (AvgIpc) is 3.57. The third-order valence-electron chi connectivity index (χ3n) is 6.73. The van der Waals surface area contributed by atoms with Crippen LogP contribution in [-0.2, 0) is 0 Å². The molecule has 1 saturated carbocycles. The summed E-state index contributed by atoms with van der Waals surface area (Å²) in [5.41, 5.74) is 9.42. The highest BCUT2D eigenvalue weighted by Gasteiger charge is 2.36. The minimum Gasteiger partial charge on any atom is -0.493 e. The predicted molar refractivity (Wildman–Crippen MR) is 132 cm³/mol. The summed E-state index contributed by atoms with van der Waals surface area (Å²) in [6.45, 7) is 0. The van der Waals surface area contributed by atoms with Gasteiger partial charge in [0.25, 0.3) is 0 Å². The number of fused-ring (bicyclic) bond motifs is 1. The predicted octanol–water partition coefficient (Wildman–Crippen LogP) is 4.64. The van der Waals surface area contributed by atoms with Crippen molar-refractivity contribution in [3.05, 3.63) is 59.0 Å². The van der Waals surface area contributed by atoms with Gasteiger partial charge in [-0.1, -0.05) is 6.07 Å². The molecular formula is C27H28N4O5. The lowest BCUT2D eigenvalue weighted by molar-refractivity contribution is 0.200. The lowest BCUT2D eigenvalue weighted by Crippen LogP contribution is -2.21. The first kappa shape index (κ1) is 23.4. The molecule has 186 valence electrons. The smallest absolute Gasteiger partial charge is 0.244 e. The van der Waals surface area contributed by atoms with E-state index < -0.39 is 5.92 Å². The van der Waals surface area contributed by atoms with Crippen LogP contribution in [0.4, 0.5) is 0 Å². The Morgan fingerprint density at radius 3 is 2.36 bits per heavy atom. The minimum absolute atomic E-state index is 0.0191. The zero-order chi connectivity index (χ0) is 25.2. The summed E-state index contributed by atoms with van der Waals surface area (Å²) in [4.78, 5) is 0. The van der Waals surface area contributed by atoms with E-state index in [0.717, 1.165) is 24.0 Å². The van der Waals surface area contributed by atoms with E-state index in [1.54, 1.807) is 21.3 Å². The molecule has 0 amide bonds. The fourth-order valence-electron chi connectivity index (χ4n) is 4.94. The molecule has 0 spiro atoms. The molecule has 9 nitrogen and oxygen atoms in total. The lowest BCUT2D eigenvalue weighted by Gasteiger charge is -2.25. The highest BCUT2D eigenvalue weighted by molar-refractivity contribution is 5.73. The molecule has 9 heteroatoms. The molecule has 36 heavy (non-hydrogen) atoms. The molecule has 2 aromatic carbocycles. The second-order valence-corrected chi connectivity index (χ2v) is 8.75. The summed E-state index contributed by atoms with van der Waals surface area (Å²) in [6, 6.07) is 13.5. The fraction of sp³-hybridized carbons (Fsp3) is 0.333. The molecule has 2 aliphatic rings. The molecule has 0 bridgehead atoms. The van der Waals surface area contributed by atoms with Gasteiger partial charge in [0.2, 0.25) is 11.8 Å². The van der Waals surface area contributed by atoms with E-state index in [1.807, 2.05) is 36.4 Å². The van der Waals surface area contributed by atoms with Crippen molar-refractivity contribution in [3.8, 4) is 46.2 Å². The number of methoxy groups -OCH3 is 3. The lowest BCUT2D eigenvalue weighted by atomic mass is 9.83. The Morgan fingerprint density at radius 2 is 1.67 bits per heavy atom. The molecule has 5 rings (SSSR count). The van der Waals surface area contributed by atoms with Gasteiger partial charge >= 0.3 is 0 Å². The Morgan fingerprint density at radius 1 is 0.972 bits per heavy atom. The van der Waals surface area contributed by atoms with Gasteiger partial charge in [0, 0.05) is 5.56 Å². The molecule has 3 aromatic rings. The van der Waals surface area contributed by atoms with Crippen LogP contribution < -0.4 is 29.4 Å². The quantitative estimate of drug-likeness (QED) is 0.493. The first-order valence-corrected chi connectivity index (χ1v) is 11.8. The van der Waals surface area contributed by atoms with Crippen molar-refractivity contribution in [1.29, 1.82) is 5.26 Å². The Labute approximate surface area is 209 Å². The van der Waals surface area contributed by atoms with E-state index in [-0.39, 0.29) is 17.6 Å². The summed E-state index contributed by atoms with van der Waals surface area (Å²) in [5.74, 6) is 2.25. The van der Waals surface area contributed by atoms with Crippen molar-refractivity contribution in [2.75, 3.05) is 21.3 Å². The summed E-state index contributed by atoms with van der Waals surface area (Å²) in [7, 11) is 4.77. The Bertz CT molecular complexity index is 1350. The molecule has 0 radical (unpaired) electrons. The summed E-state index contributed by atoms with van der Waals surface area (Å²) in [5, 5.41) is 17.5. The van der Waals surface area contributed by atoms with E-state index in [2.05, 4.69) is 16.3 Å². The van der Waals surface area contributed by atoms with Crippen molar-refractivity contribution in [2.24, 2.45) is 5.73 Å². The van der Waals surface area contributed by atoms with Crippen molar-refractivity contribution < 1.29 is 23.7 Å². The Balaban J connectivity index is 1.61. The summed E-state index contributed by atoms with van der Waals surface area (Å²) >= 11 is 0. The molecule has 0 saturated heterocycles. The van der Waals surface area contributed by atoms with E-state index in [4.69, 9.17) is 29.4 Å². The number of hydrogen-bond donors (Lipinski definition) is 2. The zero-order valence-electron chi connectivity index (χ0n) is 20.5. The number of ether oxygens (including phenoxy) is 5. The second-order valence-electron chi connectivity index (χ2n) is 8.75. The van der Waals surface area contributed by atoms with Gasteiger partial charge < -0.3 is 29.4 Å². The van der Waals surface area contributed by atoms with Crippen molar-refractivity contribution >= 4 is 0 Å². The maximum absolute atomic E-state index is 10.0. The van der Waals surface area contributed by atoms with Crippen LogP contribution in [0.5, 0.6) is 28.9 Å². The van der Waals surface area contributed by atoms with Gasteiger partial charge in [0.15, 0.2) is 23.0 Å². The number of benzene rings is 2. The van der Waals surface area contributed by atoms with Crippen LogP contribution in [0, 0.1) is 11.3 Å². The molecule has 0 unspecified atom stereocenters. The SMILES string of the molecule is COc1ccc(-c2[nH]nc3c2[C@@H](c2ccc(OC4CCCC4)c(OC)c2)C(C#N)=C(N)O3)cc1OC. The second kappa shape index (κ2) is 9.74. The number of nitriles is 1. The summed E-state index contributed by atoms with van der Waals surface area (Å²) < 4.78 is 28.5. The van der Waals surface area contributed by atoms with Crippen LogP contribution in [-0.4, -0.2) is 37.6 Å². The number of nitrogens with one attached hydrogen (secondary N) is 1. The van der Waals surface area contributed by atoms with Crippen molar-refractivity contribution in [3.63, 3.8) is 0 Å². The number of nitrogens with zero attached hydrogens (tertiary/aromatic N) is 2. The topological polar surface area (TPSA) is 125 Å². The number of hydrogen-bond acceptors (Lipinski definition) is 8. The van der Waals surface area contributed by atoms with Gasteiger partial charge in [-0.05, 0) is 61.6 Å². The van der Waals surface area contributed by atoms with Gasteiger partial charge in [-0.25, -0.2) is 0 Å². The average molecular weight is 489 g/mol. The monoisotopic (exact) mass is 488 g/mol. The van der Waals surface area contributed by atoms with Crippen molar-refractivity contribution in [2.45, 2.75) is 37.7 Å². The number of allylic oxidation sites excluding steroid dienone is 1. The van der Waals surface area contributed by atoms with Gasteiger partial charge in [-0.15, -0.1) is 5.10 Å². The fourth-order valence-corrected chi connectivity index (χ4v) is 4.94. The first-order valence-electron chi connectivity index (χ1n) is 11.8. The molecule has 3 N–H and O–H groups in total. The third kappa shape index (κ3) is 4.05. The number of aromatic amines is 1. The minimum atomic E-state index is -0.532. The molecule has 1 fully saturated rings. The molecular weight excluding hydrogens is 460 g/mol. The van der Waals surface area contributed by atoms with Gasteiger partial charge in [0.05, 0.1) is 44.6 Å². The number of nitrogens with two attached hydrogens (primary N) is 1. The largest absolute Gasteiger partial charge is 0.493 e. The number of aromatic nitrogens is 2. The highest BCUT2D eigenvalue weighted by atomic mass is 16.5. The normalized spacial score (nSPS) is 17.2. The van der Waals surface area contributed by atoms with Gasteiger partial charge in [-0.3, -0.25) is 5.10 Å². The number of rotatable bonds is 7. The van der Waals surface area contributed by atoms with Crippen molar-refractivity contribution in [1.82, 2.24) is 10.2 Å². The van der Waals surface area contributed by atoms with Gasteiger partial charge in [-0.2, -0.15) is 5.26 Å². The van der Waals surface area contributed by atoms with E-state index >= 15 is 0 Å². The van der Waals surface area contributed by atoms with Crippen LogP contribution >= 0.6 is 0 Å². The maximum Gasteiger partial charge on any atom is 0.244 e. The Kier molecular flexibility index (Phi) is 6.34. The summed E-state index contributed by atoms with van der Waals surface area (Å²) in [6.07, 6.45) is 4.61.